The average Bonchev–Trinajstić information content (AvgIpc) is 2.48. The minimum atomic E-state index is -0.0140. The summed E-state index contributed by atoms with van der Waals surface area (Å²) in [6.07, 6.45) is 0.765. The largest absolute Gasteiger partial charge is 0.496 e. The lowest BCUT2D eigenvalue weighted by Crippen LogP contribution is -2.46. The molecule has 1 heterocycles. The molecule has 1 fully saturated rings. The van der Waals surface area contributed by atoms with E-state index in [0.29, 0.717) is 32.8 Å². The van der Waals surface area contributed by atoms with E-state index < -0.39 is 0 Å². The van der Waals surface area contributed by atoms with Crippen LogP contribution in [-0.2, 0) is 11.2 Å². The van der Waals surface area contributed by atoms with E-state index in [4.69, 9.17) is 9.47 Å². The van der Waals surface area contributed by atoms with E-state index in [0.717, 1.165) is 17.7 Å². The fourth-order valence-electron chi connectivity index (χ4n) is 2.29. The predicted molar refractivity (Wildman–Crippen MR) is 77.2 cm³/mol. The van der Waals surface area contributed by atoms with Crippen LogP contribution in [0.5, 0.6) is 5.75 Å². The van der Waals surface area contributed by atoms with E-state index in [1.807, 2.05) is 12.1 Å². The minimum Gasteiger partial charge on any atom is -0.496 e. The highest BCUT2D eigenvalue weighted by Gasteiger charge is 2.16. The third kappa shape index (κ3) is 3.87. The summed E-state index contributed by atoms with van der Waals surface area (Å²) in [5, 5.41) is 2.95. The third-order valence-corrected chi connectivity index (χ3v) is 3.40. The van der Waals surface area contributed by atoms with E-state index in [-0.39, 0.29) is 6.03 Å². The Balaban J connectivity index is 1.83. The maximum Gasteiger partial charge on any atom is 0.317 e. The number of urea groups is 1. The zero-order valence-electron chi connectivity index (χ0n) is 12.1. The fourth-order valence-corrected chi connectivity index (χ4v) is 2.29. The quantitative estimate of drug-likeness (QED) is 0.910. The first-order chi connectivity index (χ1) is 9.70. The number of nitrogens with one attached hydrogen (secondary N) is 1. The van der Waals surface area contributed by atoms with Crippen LogP contribution in [0, 0.1) is 6.92 Å². The molecule has 20 heavy (non-hydrogen) atoms. The molecule has 5 heteroatoms. The van der Waals surface area contributed by atoms with Gasteiger partial charge in [0.2, 0.25) is 0 Å². The van der Waals surface area contributed by atoms with Crippen LogP contribution >= 0.6 is 0 Å². The van der Waals surface area contributed by atoms with E-state index in [1.54, 1.807) is 12.0 Å². The Morgan fingerprint density at radius 2 is 2.15 bits per heavy atom. The molecule has 1 aromatic carbocycles. The lowest BCUT2D eigenvalue weighted by molar-refractivity contribution is 0.0533. The van der Waals surface area contributed by atoms with Gasteiger partial charge in [-0.3, -0.25) is 0 Å². The highest BCUT2D eigenvalue weighted by molar-refractivity contribution is 5.74. The molecule has 5 nitrogen and oxygen atoms in total. The van der Waals surface area contributed by atoms with Crippen molar-refractivity contribution in [1.82, 2.24) is 10.2 Å². The van der Waals surface area contributed by atoms with Gasteiger partial charge in [0.1, 0.15) is 5.75 Å². The van der Waals surface area contributed by atoms with Crippen LogP contribution in [0.3, 0.4) is 0 Å². The highest BCUT2D eigenvalue weighted by atomic mass is 16.5. The number of amides is 2. The smallest absolute Gasteiger partial charge is 0.317 e. The molecule has 0 aliphatic carbocycles. The fraction of sp³-hybridized carbons (Fsp3) is 0.533. The van der Waals surface area contributed by atoms with Gasteiger partial charge in [0, 0.05) is 19.6 Å². The summed E-state index contributed by atoms with van der Waals surface area (Å²) < 4.78 is 10.6. The summed E-state index contributed by atoms with van der Waals surface area (Å²) in [6, 6.07) is 6.07. The number of aryl methyl sites for hydroxylation is 1. The molecule has 2 amide bonds. The van der Waals surface area contributed by atoms with Crippen molar-refractivity contribution in [1.29, 1.82) is 0 Å². The zero-order chi connectivity index (χ0) is 14.4. The summed E-state index contributed by atoms with van der Waals surface area (Å²) in [5.74, 6) is 0.872. The van der Waals surface area contributed by atoms with Crippen LogP contribution in [-0.4, -0.2) is 50.9 Å². The first-order valence-electron chi connectivity index (χ1n) is 6.95. The second-order valence-corrected chi connectivity index (χ2v) is 4.90. The molecule has 1 N–H and O–H groups in total. The molecule has 1 aromatic rings. The molecule has 0 radical (unpaired) electrons. The summed E-state index contributed by atoms with van der Waals surface area (Å²) in [5.41, 5.74) is 2.31. The van der Waals surface area contributed by atoms with Gasteiger partial charge in [0.15, 0.2) is 0 Å². The van der Waals surface area contributed by atoms with Crippen molar-refractivity contribution in [3.8, 4) is 5.75 Å². The van der Waals surface area contributed by atoms with Gasteiger partial charge in [-0.25, -0.2) is 4.79 Å². The molecule has 1 saturated heterocycles. The van der Waals surface area contributed by atoms with E-state index >= 15 is 0 Å². The molecule has 1 aliphatic heterocycles. The number of nitrogens with zero attached hydrogens (tertiary/aromatic N) is 1. The average molecular weight is 278 g/mol. The van der Waals surface area contributed by atoms with Crippen molar-refractivity contribution in [3.05, 3.63) is 29.3 Å². The summed E-state index contributed by atoms with van der Waals surface area (Å²) in [6.45, 7) is 5.24. The lowest BCUT2D eigenvalue weighted by atomic mass is 10.1. The Bertz CT molecular complexity index is 456. The molecular weight excluding hydrogens is 256 g/mol. The molecule has 1 aliphatic rings. The van der Waals surface area contributed by atoms with Crippen LogP contribution in [0.15, 0.2) is 18.2 Å². The van der Waals surface area contributed by atoms with Gasteiger partial charge >= 0.3 is 6.03 Å². The molecular formula is C15H22N2O3. The topological polar surface area (TPSA) is 50.8 Å². The van der Waals surface area contributed by atoms with Gasteiger partial charge in [0.25, 0.3) is 0 Å². The Hall–Kier alpha value is -1.75. The lowest BCUT2D eigenvalue weighted by Gasteiger charge is -2.27. The predicted octanol–water partition coefficient (Wildman–Crippen LogP) is 1.59. The van der Waals surface area contributed by atoms with Crippen molar-refractivity contribution in [2.24, 2.45) is 0 Å². The number of hydrogen-bond donors (Lipinski definition) is 1. The van der Waals surface area contributed by atoms with E-state index in [2.05, 4.69) is 18.3 Å². The number of hydrogen-bond acceptors (Lipinski definition) is 3. The van der Waals surface area contributed by atoms with Crippen molar-refractivity contribution >= 4 is 6.03 Å². The van der Waals surface area contributed by atoms with Crippen molar-refractivity contribution in [3.63, 3.8) is 0 Å². The Kier molecular flexibility index (Phi) is 5.24. The first-order valence-corrected chi connectivity index (χ1v) is 6.95. The number of benzene rings is 1. The monoisotopic (exact) mass is 278 g/mol. The van der Waals surface area contributed by atoms with Gasteiger partial charge in [-0.2, -0.15) is 0 Å². The normalized spacial score (nSPS) is 15.0. The van der Waals surface area contributed by atoms with Gasteiger partial charge in [-0.1, -0.05) is 17.7 Å². The van der Waals surface area contributed by atoms with Crippen molar-refractivity contribution in [2.45, 2.75) is 13.3 Å². The minimum absolute atomic E-state index is 0.0140. The van der Waals surface area contributed by atoms with Crippen LogP contribution in [0.2, 0.25) is 0 Å². The van der Waals surface area contributed by atoms with Gasteiger partial charge in [-0.05, 0) is 25.0 Å². The number of carbonyl (C=O) groups excluding carboxylic acids is 1. The summed E-state index contributed by atoms with van der Waals surface area (Å²) in [7, 11) is 1.67. The number of morpholine rings is 1. The first kappa shape index (κ1) is 14.7. The second-order valence-electron chi connectivity index (χ2n) is 4.90. The Morgan fingerprint density at radius 1 is 1.40 bits per heavy atom. The molecule has 2 rings (SSSR count). The molecule has 0 unspecified atom stereocenters. The second kappa shape index (κ2) is 7.14. The van der Waals surface area contributed by atoms with Crippen LogP contribution in [0.4, 0.5) is 4.79 Å². The number of carbonyl (C=O) groups is 1. The zero-order valence-corrected chi connectivity index (χ0v) is 12.1. The molecule has 0 bridgehead atoms. The molecule has 0 saturated carbocycles. The van der Waals surface area contributed by atoms with Crippen LogP contribution < -0.4 is 10.1 Å². The third-order valence-electron chi connectivity index (χ3n) is 3.40. The maximum atomic E-state index is 11.9. The van der Waals surface area contributed by atoms with E-state index in [9.17, 15) is 4.79 Å². The highest BCUT2D eigenvalue weighted by Crippen LogP contribution is 2.19. The Morgan fingerprint density at radius 3 is 2.85 bits per heavy atom. The van der Waals surface area contributed by atoms with Gasteiger partial charge in [0.05, 0.1) is 20.3 Å². The van der Waals surface area contributed by atoms with E-state index in [1.165, 1.54) is 5.56 Å². The van der Waals surface area contributed by atoms with Crippen molar-refractivity contribution < 1.29 is 14.3 Å². The Labute approximate surface area is 119 Å². The molecule has 0 spiro atoms. The number of ether oxygens (including phenoxy) is 2. The molecule has 110 valence electrons. The van der Waals surface area contributed by atoms with Gasteiger partial charge in [-0.15, -0.1) is 0 Å². The van der Waals surface area contributed by atoms with Crippen LogP contribution in [0.1, 0.15) is 11.1 Å². The molecule has 0 atom stereocenters. The summed E-state index contributed by atoms with van der Waals surface area (Å²) >= 11 is 0. The maximum absolute atomic E-state index is 11.9. The SMILES string of the molecule is COc1ccc(C)cc1CCNC(=O)N1CCOCC1. The standard InChI is InChI=1S/C15H22N2O3/c1-12-3-4-14(19-2)13(11-12)5-6-16-15(18)17-7-9-20-10-8-17/h3-4,11H,5-10H2,1-2H3,(H,16,18). The van der Waals surface area contributed by atoms with Gasteiger partial charge < -0.3 is 19.7 Å². The molecule has 0 aromatic heterocycles. The number of rotatable bonds is 4. The van der Waals surface area contributed by atoms with Crippen LogP contribution in [0.25, 0.3) is 0 Å². The number of methoxy groups -OCH3 is 1. The summed E-state index contributed by atoms with van der Waals surface area (Å²) in [4.78, 5) is 13.7. The van der Waals surface area contributed by atoms with Crippen molar-refractivity contribution in [2.75, 3.05) is 40.0 Å².